The quantitative estimate of drug-likeness (QED) is 0.869. The molecule has 120 valence electrons. The van der Waals surface area contributed by atoms with Gasteiger partial charge in [0.25, 0.3) is 0 Å². The third-order valence-corrected chi connectivity index (χ3v) is 5.86. The highest BCUT2D eigenvalue weighted by Crippen LogP contribution is 2.45. The Morgan fingerprint density at radius 2 is 1.91 bits per heavy atom. The van der Waals surface area contributed by atoms with Gasteiger partial charge in [0.2, 0.25) is 0 Å². The lowest BCUT2D eigenvalue weighted by molar-refractivity contribution is 0.0916. The molecule has 2 aliphatic heterocycles. The van der Waals surface area contributed by atoms with E-state index < -0.39 is 0 Å². The molecule has 0 N–H and O–H groups in total. The van der Waals surface area contributed by atoms with Crippen LogP contribution in [0.25, 0.3) is 0 Å². The number of aromatic nitrogens is 1. The van der Waals surface area contributed by atoms with Crippen molar-refractivity contribution in [3.05, 3.63) is 66.0 Å². The Bertz CT molecular complexity index is 642. The number of pyridine rings is 1. The third-order valence-electron chi connectivity index (χ3n) is 5.86. The van der Waals surface area contributed by atoms with E-state index in [1.165, 1.54) is 37.1 Å². The first-order valence-corrected chi connectivity index (χ1v) is 8.65. The lowest BCUT2D eigenvalue weighted by atomic mass is 9.69. The molecular weight excluding hydrogens is 282 g/mol. The molecule has 2 saturated heterocycles. The Morgan fingerprint density at radius 1 is 1.09 bits per heavy atom. The minimum atomic E-state index is 0.349. The molecule has 3 heteroatoms. The molecule has 0 radical (unpaired) electrons. The fourth-order valence-electron chi connectivity index (χ4n) is 4.56. The van der Waals surface area contributed by atoms with Gasteiger partial charge in [-0.3, -0.25) is 9.88 Å². The van der Waals surface area contributed by atoms with Crippen LogP contribution in [0.2, 0.25) is 0 Å². The van der Waals surface area contributed by atoms with Gasteiger partial charge in [-0.1, -0.05) is 36.4 Å². The van der Waals surface area contributed by atoms with Crippen molar-refractivity contribution < 1.29 is 0 Å². The second-order valence-corrected chi connectivity index (χ2v) is 7.11. The zero-order valence-electron chi connectivity index (χ0n) is 13.9. The lowest BCUT2D eigenvalue weighted by Gasteiger charge is -2.46. The standard InChI is InChI=1S/C20H25N3/c1-22-12-9-20(18-7-3-2-4-8-18)10-13-23(16-19(20)22)15-17-6-5-11-21-14-17/h2-8,11,14,19H,9-10,12-13,15-16H2,1H3/t19-,20-/m0/s1. The summed E-state index contributed by atoms with van der Waals surface area (Å²) in [5.41, 5.74) is 3.21. The molecule has 2 aromatic rings. The smallest absolute Gasteiger partial charge is 0.0318 e. The van der Waals surface area contributed by atoms with E-state index in [2.05, 4.69) is 58.2 Å². The number of hydrogen-bond donors (Lipinski definition) is 0. The van der Waals surface area contributed by atoms with Crippen LogP contribution in [0, 0.1) is 0 Å². The second kappa shape index (κ2) is 6.06. The molecule has 3 heterocycles. The van der Waals surface area contributed by atoms with Gasteiger partial charge in [-0.15, -0.1) is 0 Å². The van der Waals surface area contributed by atoms with E-state index in [4.69, 9.17) is 0 Å². The maximum absolute atomic E-state index is 4.26. The first-order valence-electron chi connectivity index (χ1n) is 8.65. The molecule has 0 aliphatic carbocycles. The van der Waals surface area contributed by atoms with Gasteiger partial charge in [0.15, 0.2) is 0 Å². The predicted molar refractivity (Wildman–Crippen MR) is 93.3 cm³/mol. The van der Waals surface area contributed by atoms with Crippen molar-refractivity contribution in [2.75, 3.05) is 26.7 Å². The van der Waals surface area contributed by atoms with Gasteiger partial charge in [-0.2, -0.15) is 0 Å². The van der Waals surface area contributed by atoms with Crippen LogP contribution < -0.4 is 0 Å². The zero-order valence-corrected chi connectivity index (χ0v) is 13.9. The van der Waals surface area contributed by atoms with Crippen LogP contribution in [0.3, 0.4) is 0 Å². The van der Waals surface area contributed by atoms with Gasteiger partial charge in [0.1, 0.15) is 0 Å². The molecule has 0 unspecified atom stereocenters. The minimum Gasteiger partial charge on any atom is -0.301 e. The zero-order chi connectivity index (χ0) is 15.7. The summed E-state index contributed by atoms with van der Waals surface area (Å²) in [5.74, 6) is 0. The van der Waals surface area contributed by atoms with Gasteiger partial charge >= 0.3 is 0 Å². The molecule has 0 spiro atoms. The van der Waals surface area contributed by atoms with E-state index in [1.54, 1.807) is 0 Å². The summed E-state index contributed by atoms with van der Waals surface area (Å²) in [6, 6.07) is 16.0. The summed E-state index contributed by atoms with van der Waals surface area (Å²) in [6.45, 7) is 4.55. The summed E-state index contributed by atoms with van der Waals surface area (Å²) >= 11 is 0. The summed E-state index contributed by atoms with van der Waals surface area (Å²) in [6.07, 6.45) is 6.40. The molecule has 23 heavy (non-hydrogen) atoms. The fraction of sp³-hybridized carbons (Fsp3) is 0.450. The minimum absolute atomic E-state index is 0.349. The molecule has 0 amide bonds. The maximum atomic E-state index is 4.26. The molecular formula is C20H25N3. The van der Waals surface area contributed by atoms with Crippen LogP contribution in [0.1, 0.15) is 24.0 Å². The number of piperidine rings is 1. The van der Waals surface area contributed by atoms with Crippen molar-refractivity contribution in [3.8, 4) is 0 Å². The summed E-state index contributed by atoms with van der Waals surface area (Å²) in [5, 5.41) is 0. The van der Waals surface area contributed by atoms with Crippen LogP contribution >= 0.6 is 0 Å². The normalized spacial score (nSPS) is 28.7. The number of rotatable bonds is 3. The summed E-state index contributed by atoms with van der Waals surface area (Å²) in [7, 11) is 2.29. The third kappa shape index (κ3) is 2.68. The average molecular weight is 307 g/mol. The van der Waals surface area contributed by atoms with E-state index in [0.29, 0.717) is 11.5 Å². The Balaban J connectivity index is 1.56. The largest absolute Gasteiger partial charge is 0.301 e. The monoisotopic (exact) mass is 307 g/mol. The molecule has 0 saturated carbocycles. The van der Waals surface area contributed by atoms with E-state index in [9.17, 15) is 0 Å². The topological polar surface area (TPSA) is 19.4 Å². The van der Waals surface area contributed by atoms with Gasteiger partial charge in [0.05, 0.1) is 0 Å². The van der Waals surface area contributed by atoms with Crippen LogP contribution in [0.15, 0.2) is 54.9 Å². The molecule has 1 aromatic heterocycles. The molecule has 3 nitrogen and oxygen atoms in total. The van der Waals surface area contributed by atoms with Gasteiger partial charge in [-0.05, 0) is 50.2 Å². The second-order valence-electron chi connectivity index (χ2n) is 7.11. The molecule has 4 rings (SSSR count). The molecule has 2 fully saturated rings. The van der Waals surface area contributed by atoms with Crippen molar-refractivity contribution in [2.24, 2.45) is 0 Å². The van der Waals surface area contributed by atoms with E-state index in [1.807, 2.05) is 18.5 Å². The van der Waals surface area contributed by atoms with Crippen molar-refractivity contribution in [3.63, 3.8) is 0 Å². The average Bonchev–Trinajstić information content (AvgIpc) is 2.95. The summed E-state index contributed by atoms with van der Waals surface area (Å²) < 4.78 is 0. The number of nitrogens with zero attached hydrogens (tertiary/aromatic N) is 3. The van der Waals surface area contributed by atoms with E-state index in [0.717, 1.165) is 13.1 Å². The fourth-order valence-corrected chi connectivity index (χ4v) is 4.56. The van der Waals surface area contributed by atoms with Gasteiger partial charge in [-0.25, -0.2) is 0 Å². The number of likely N-dealkylation sites (N-methyl/N-ethyl adjacent to an activating group) is 1. The first kappa shape index (κ1) is 14.9. The molecule has 1 aromatic carbocycles. The highest BCUT2D eigenvalue weighted by molar-refractivity contribution is 5.31. The number of likely N-dealkylation sites (tertiary alicyclic amines) is 2. The first-order chi connectivity index (χ1) is 11.3. The highest BCUT2D eigenvalue weighted by atomic mass is 15.3. The highest BCUT2D eigenvalue weighted by Gasteiger charge is 2.49. The van der Waals surface area contributed by atoms with Crippen molar-refractivity contribution in [2.45, 2.75) is 30.8 Å². The van der Waals surface area contributed by atoms with Crippen LogP contribution in [-0.2, 0) is 12.0 Å². The van der Waals surface area contributed by atoms with Crippen molar-refractivity contribution in [1.29, 1.82) is 0 Å². The van der Waals surface area contributed by atoms with Crippen LogP contribution in [0.5, 0.6) is 0 Å². The lowest BCUT2D eigenvalue weighted by Crippen LogP contribution is -2.54. The molecule has 2 atom stereocenters. The van der Waals surface area contributed by atoms with Crippen molar-refractivity contribution >= 4 is 0 Å². The van der Waals surface area contributed by atoms with Crippen molar-refractivity contribution in [1.82, 2.24) is 14.8 Å². The number of fused-ring (bicyclic) bond motifs is 1. The molecule has 0 bridgehead atoms. The Kier molecular flexibility index (Phi) is 3.92. The maximum Gasteiger partial charge on any atom is 0.0318 e. The Morgan fingerprint density at radius 3 is 2.70 bits per heavy atom. The van der Waals surface area contributed by atoms with Gasteiger partial charge in [0, 0.05) is 36.9 Å². The van der Waals surface area contributed by atoms with Crippen LogP contribution in [-0.4, -0.2) is 47.5 Å². The summed E-state index contributed by atoms with van der Waals surface area (Å²) in [4.78, 5) is 9.43. The molecule has 2 aliphatic rings. The number of benzene rings is 1. The van der Waals surface area contributed by atoms with Crippen LogP contribution in [0.4, 0.5) is 0 Å². The Hall–Kier alpha value is -1.71. The predicted octanol–water partition coefficient (Wildman–Crippen LogP) is 2.93. The Labute approximate surface area is 139 Å². The van der Waals surface area contributed by atoms with E-state index in [-0.39, 0.29) is 0 Å². The number of hydrogen-bond acceptors (Lipinski definition) is 3. The van der Waals surface area contributed by atoms with Gasteiger partial charge < -0.3 is 4.90 Å². The SMILES string of the molecule is CN1CC[C@@]2(c3ccccc3)CCN(Cc3cccnc3)C[C@H]12. The van der Waals surface area contributed by atoms with E-state index >= 15 is 0 Å².